The molecule has 0 fully saturated rings. The molecule has 0 aliphatic rings. The molecule has 0 aliphatic carbocycles. The third-order valence-electron chi connectivity index (χ3n) is 2.19. The number of nitrogens with one attached hydrogen (secondary N) is 2. The highest BCUT2D eigenvalue weighted by atomic mass is 16.1. The van der Waals surface area contributed by atoms with E-state index in [9.17, 15) is 4.79 Å². The van der Waals surface area contributed by atoms with Gasteiger partial charge in [0.25, 0.3) is 0 Å². The third-order valence-corrected chi connectivity index (χ3v) is 2.19. The summed E-state index contributed by atoms with van der Waals surface area (Å²) in [5, 5.41) is 6.09. The van der Waals surface area contributed by atoms with Gasteiger partial charge in [0.1, 0.15) is 0 Å². The number of amides is 1. The maximum atomic E-state index is 11.3. The van der Waals surface area contributed by atoms with Crippen LogP contribution >= 0.6 is 0 Å². The van der Waals surface area contributed by atoms with Gasteiger partial charge in [-0.25, -0.2) is 0 Å². The van der Waals surface area contributed by atoms with E-state index < -0.39 is 0 Å². The molecule has 3 nitrogen and oxygen atoms in total. The summed E-state index contributed by atoms with van der Waals surface area (Å²) in [7, 11) is 0. The Morgan fingerprint density at radius 1 is 1.50 bits per heavy atom. The Morgan fingerprint density at radius 2 is 2.14 bits per heavy atom. The van der Waals surface area contributed by atoms with Gasteiger partial charge in [-0.1, -0.05) is 13.0 Å². The van der Waals surface area contributed by atoms with Gasteiger partial charge in [-0.05, 0) is 20.3 Å². The summed E-state index contributed by atoms with van der Waals surface area (Å²) in [5.41, 5.74) is 0. The maximum absolute atomic E-state index is 11.3. The van der Waals surface area contributed by atoms with Crippen LogP contribution < -0.4 is 10.6 Å². The zero-order chi connectivity index (χ0) is 11.0. The van der Waals surface area contributed by atoms with Crippen molar-refractivity contribution < 1.29 is 4.79 Å². The topological polar surface area (TPSA) is 41.1 Å². The molecule has 82 valence electrons. The van der Waals surface area contributed by atoms with Crippen molar-refractivity contribution in [3.05, 3.63) is 12.7 Å². The lowest BCUT2D eigenvalue weighted by Gasteiger charge is -2.12. The van der Waals surface area contributed by atoms with Gasteiger partial charge in [0.05, 0.1) is 0 Å². The highest BCUT2D eigenvalue weighted by molar-refractivity contribution is 5.76. The van der Waals surface area contributed by atoms with Crippen LogP contribution in [0.1, 0.15) is 33.6 Å². The molecule has 2 unspecified atom stereocenters. The van der Waals surface area contributed by atoms with Gasteiger partial charge in [0, 0.05) is 25.0 Å². The Bertz CT molecular complexity index is 180. The van der Waals surface area contributed by atoms with Crippen molar-refractivity contribution in [1.82, 2.24) is 10.6 Å². The smallest absolute Gasteiger partial charge is 0.221 e. The molecule has 0 aromatic rings. The van der Waals surface area contributed by atoms with Gasteiger partial charge in [0.15, 0.2) is 0 Å². The van der Waals surface area contributed by atoms with Crippen molar-refractivity contribution in [1.29, 1.82) is 0 Å². The van der Waals surface area contributed by atoms with Crippen molar-refractivity contribution in [2.24, 2.45) is 0 Å². The van der Waals surface area contributed by atoms with E-state index in [1.807, 2.05) is 19.9 Å². The van der Waals surface area contributed by atoms with Gasteiger partial charge < -0.3 is 10.6 Å². The minimum atomic E-state index is 0.114. The summed E-state index contributed by atoms with van der Waals surface area (Å²) in [6, 6.07) is 0.547. The normalized spacial score (nSPS) is 14.5. The van der Waals surface area contributed by atoms with Crippen LogP contribution in [0.25, 0.3) is 0 Å². The van der Waals surface area contributed by atoms with E-state index in [-0.39, 0.29) is 18.0 Å². The average molecular weight is 198 g/mol. The second-order valence-corrected chi connectivity index (χ2v) is 3.61. The lowest BCUT2D eigenvalue weighted by molar-refractivity contribution is -0.121. The summed E-state index contributed by atoms with van der Waals surface area (Å²) >= 11 is 0. The minimum absolute atomic E-state index is 0.114. The predicted molar refractivity (Wildman–Crippen MR) is 60.2 cm³/mol. The van der Waals surface area contributed by atoms with Gasteiger partial charge in [-0.2, -0.15) is 0 Å². The summed E-state index contributed by atoms with van der Waals surface area (Å²) in [5.74, 6) is 0.114. The van der Waals surface area contributed by atoms with Gasteiger partial charge in [-0.3, -0.25) is 4.79 Å². The second-order valence-electron chi connectivity index (χ2n) is 3.61. The van der Waals surface area contributed by atoms with Crippen LogP contribution in [0, 0.1) is 0 Å². The molecule has 0 aromatic heterocycles. The first-order chi connectivity index (χ1) is 6.60. The van der Waals surface area contributed by atoms with Crippen LogP contribution in [-0.4, -0.2) is 24.5 Å². The highest BCUT2D eigenvalue weighted by Gasteiger charge is 2.04. The van der Waals surface area contributed by atoms with Crippen LogP contribution in [0.5, 0.6) is 0 Å². The predicted octanol–water partition coefficient (Wildman–Crippen LogP) is 1.46. The molecule has 0 aromatic carbocycles. The van der Waals surface area contributed by atoms with Crippen LogP contribution in [0.2, 0.25) is 0 Å². The highest BCUT2D eigenvalue weighted by Crippen LogP contribution is 1.89. The van der Waals surface area contributed by atoms with Crippen LogP contribution in [0.3, 0.4) is 0 Å². The quantitative estimate of drug-likeness (QED) is 0.608. The van der Waals surface area contributed by atoms with Gasteiger partial charge in [0.2, 0.25) is 5.91 Å². The second kappa shape index (κ2) is 7.56. The fraction of sp³-hybridized carbons (Fsp3) is 0.727. The molecular formula is C11H22N2O. The Morgan fingerprint density at radius 3 is 2.64 bits per heavy atom. The molecule has 0 radical (unpaired) electrons. The van der Waals surface area contributed by atoms with Crippen molar-refractivity contribution in [3.8, 4) is 0 Å². The molecule has 0 heterocycles. The third kappa shape index (κ3) is 6.66. The summed E-state index contributed by atoms with van der Waals surface area (Å²) in [4.78, 5) is 11.3. The Labute approximate surface area is 87.0 Å². The lowest BCUT2D eigenvalue weighted by Crippen LogP contribution is -2.35. The van der Waals surface area contributed by atoms with E-state index in [4.69, 9.17) is 0 Å². The molecule has 0 saturated heterocycles. The Balaban J connectivity index is 3.49. The molecule has 14 heavy (non-hydrogen) atoms. The zero-order valence-corrected chi connectivity index (χ0v) is 9.47. The number of hydrogen-bond donors (Lipinski definition) is 2. The number of carbonyl (C=O) groups excluding carboxylic acids is 1. The van der Waals surface area contributed by atoms with E-state index in [1.54, 1.807) is 0 Å². The molecule has 0 aliphatic heterocycles. The Hall–Kier alpha value is -0.830. The van der Waals surface area contributed by atoms with E-state index >= 15 is 0 Å². The first-order valence-corrected chi connectivity index (χ1v) is 5.25. The van der Waals surface area contributed by atoms with Crippen LogP contribution in [-0.2, 0) is 4.79 Å². The van der Waals surface area contributed by atoms with Crippen LogP contribution in [0.15, 0.2) is 12.7 Å². The molecular weight excluding hydrogens is 176 g/mol. The molecule has 1 amide bonds. The van der Waals surface area contributed by atoms with E-state index in [0.717, 1.165) is 6.42 Å². The van der Waals surface area contributed by atoms with Crippen molar-refractivity contribution in [2.75, 3.05) is 6.54 Å². The Kier molecular flexibility index (Phi) is 7.11. The van der Waals surface area contributed by atoms with E-state index in [1.165, 1.54) is 0 Å². The molecule has 3 heteroatoms. The number of carbonyl (C=O) groups is 1. The SMILES string of the molecule is C=CC(C)NCCC(=O)NC(C)CC. The molecule has 2 N–H and O–H groups in total. The maximum Gasteiger partial charge on any atom is 0.221 e. The molecule has 0 spiro atoms. The molecule has 0 saturated carbocycles. The van der Waals surface area contributed by atoms with E-state index in [0.29, 0.717) is 13.0 Å². The summed E-state index contributed by atoms with van der Waals surface area (Å²) < 4.78 is 0. The zero-order valence-electron chi connectivity index (χ0n) is 9.47. The number of rotatable bonds is 7. The summed E-state index contributed by atoms with van der Waals surface area (Å²) in [6.45, 7) is 10.4. The molecule has 0 rings (SSSR count). The van der Waals surface area contributed by atoms with Crippen molar-refractivity contribution in [3.63, 3.8) is 0 Å². The minimum Gasteiger partial charge on any atom is -0.354 e. The first-order valence-electron chi connectivity index (χ1n) is 5.25. The lowest BCUT2D eigenvalue weighted by atomic mass is 10.2. The largest absolute Gasteiger partial charge is 0.354 e. The molecule has 2 atom stereocenters. The monoisotopic (exact) mass is 198 g/mol. The van der Waals surface area contributed by atoms with Crippen LogP contribution in [0.4, 0.5) is 0 Å². The fourth-order valence-corrected chi connectivity index (χ4v) is 0.946. The average Bonchev–Trinajstić information content (AvgIpc) is 2.17. The summed E-state index contributed by atoms with van der Waals surface area (Å²) in [6.07, 6.45) is 3.33. The first kappa shape index (κ1) is 13.2. The van der Waals surface area contributed by atoms with Gasteiger partial charge >= 0.3 is 0 Å². The fourth-order valence-electron chi connectivity index (χ4n) is 0.946. The number of hydrogen-bond acceptors (Lipinski definition) is 2. The van der Waals surface area contributed by atoms with Gasteiger partial charge in [-0.15, -0.1) is 6.58 Å². The van der Waals surface area contributed by atoms with Crippen molar-refractivity contribution in [2.45, 2.75) is 45.7 Å². The molecule has 0 bridgehead atoms. The van der Waals surface area contributed by atoms with E-state index in [2.05, 4.69) is 24.1 Å². The standard InChI is InChI=1S/C11H22N2O/c1-5-9(3)12-8-7-11(14)13-10(4)6-2/h5,9-10,12H,1,6-8H2,2-4H3,(H,13,14). The van der Waals surface area contributed by atoms with Crippen molar-refractivity contribution >= 4 is 5.91 Å².